The molecule has 6 aliphatic rings. The van der Waals surface area contributed by atoms with Gasteiger partial charge in [0, 0.05) is 25.2 Å². The highest BCUT2D eigenvalue weighted by Crippen LogP contribution is 2.66. The van der Waals surface area contributed by atoms with Crippen molar-refractivity contribution in [2.45, 2.75) is 71.3 Å². The molecule has 0 N–H and O–H groups in total. The quantitative estimate of drug-likeness (QED) is 0.473. The lowest BCUT2D eigenvalue weighted by molar-refractivity contribution is -0.135. The van der Waals surface area contributed by atoms with Crippen LogP contribution in [0.15, 0.2) is 23.3 Å². The standard InChI is InChI=1S/C27H39NO3/c1-26-9-7-20(28-11-13-30-14-12-28)16-19(26)3-4-21-23-6-5-22(18-15-25(29)31-17-18)27(23,2)10-8-24(21)26/h6,15,19-22,24H,3-5,7-14,16-17H2,1-2H3/t19-,20?,21+,22-,24+,26+,27-/m1/s1. The van der Waals surface area contributed by atoms with Gasteiger partial charge < -0.3 is 9.47 Å². The first kappa shape index (κ1) is 20.5. The van der Waals surface area contributed by atoms with Crippen LogP contribution < -0.4 is 0 Å². The molecule has 4 nitrogen and oxygen atoms in total. The Morgan fingerprint density at radius 1 is 1.06 bits per heavy atom. The summed E-state index contributed by atoms with van der Waals surface area (Å²) >= 11 is 0. The minimum atomic E-state index is -0.134. The lowest BCUT2D eigenvalue weighted by atomic mass is 9.45. The molecule has 0 aromatic heterocycles. The van der Waals surface area contributed by atoms with Crippen LogP contribution in [0.3, 0.4) is 0 Å². The largest absolute Gasteiger partial charge is 0.458 e. The average Bonchev–Trinajstić information content (AvgIpc) is 3.36. The van der Waals surface area contributed by atoms with Gasteiger partial charge in [0.25, 0.3) is 0 Å². The Hall–Kier alpha value is -1.13. The number of hydrogen-bond donors (Lipinski definition) is 0. The van der Waals surface area contributed by atoms with Crippen molar-refractivity contribution in [3.8, 4) is 0 Å². The second-order valence-electron chi connectivity index (χ2n) is 11.8. The molecule has 2 aliphatic heterocycles. The van der Waals surface area contributed by atoms with Gasteiger partial charge in [0.15, 0.2) is 0 Å². The molecular formula is C27H39NO3. The lowest BCUT2D eigenvalue weighted by Crippen LogP contribution is -2.55. The molecule has 0 aromatic rings. The first-order valence-electron chi connectivity index (χ1n) is 12.9. The Morgan fingerprint density at radius 3 is 2.68 bits per heavy atom. The molecular weight excluding hydrogens is 386 g/mol. The van der Waals surface area contributed by atoms with Crippen molar-refractivity contribution < 1.29 is 14.3 Å². The fourth-order valence-electron chi connectivity index (χ4n) is 8.99. The minimum Gasteiger partial charge on any atom is -0.458 e. The van der Waals surface area contributed by atoms with E-state index in [1.165, 1.54) is 50.5 Å². The summed E-state index contributed by atoms with van der Waals surface area (Å²) in [6, 6.07) is 0.786. The summed E-state index contributed by atoms with van der Waals surface area (Å²) in [5, 5.41) is 0. The zero-order valence-corrected chi connectivity index (χ0v) is 19.4. The molecule has 0 radical (unpaired) electrons. The number of carbonyl (C=O) groups excluding carboxylic acids is 1. The number of carbonyl (C=O) groups is 1. The molecule has 4 heteroatoms. The number of rotatable bonds is 2. The highest BCUT2D eigenvalue weighted by atomic mass is 16.5. The number of cyclic esters (lactones) is 1. The van der Waals surface area contributed by atoms with Crippen LogP contribution in [0.1, 0.15) is 65.2 Å². The molecule has 0 aromatic carbocycles. The maximum Gasteiger partial charge on any atom is 0.331 e. The maximum atomic E-state index is 11.7. The van der Waals surface area contributed by atoms with Gasteiger partial charge in [-0.25, -0.2) is 4.79 Å². The Morgan fingerprint density at radius 2 is 1.90 bits per heavy atom. The fourth-order valence-corrected chi connectivity index (χ4v) is 8.99. The third-order valence-corrected chi connectivity index (χ3v) is 10.7. The van der Waals surface area contributed by atoms with Crippen molar-refractivity contribution in [3.05, 3.63) is 23.3 Å². The second-order valence-corrected chi connectivity index (χ2v) is 11.8. The van der Waals surface area contributed by atoms with E-state index in [-0.39, 0.29) is 11.4 Å². The summed E-state index contributed by atoms with van der Waals surface area (Å²) in [6.45, 7) is 9.79. The number of ether oxygens (including phenoxy) is 2. The zero-order valence-electron chi connectivity index (χ0n) is 19.4. The highest BCUT2D eigenvalue weighted by molar-refractivity contribution is 5.85. The Balaban J connectivity index is 1.20. The second kappa shape index (κ2) is 7.45. The molecule has 1 unspecified atom stereocenters. The van der Waals surface area contributed by atoms with Crippen molar-refractivity contribution in [1.29, 1.82) is 0 Å². The Labute approximate surface area is 187 Å². The van der Waals surface area contributed by atoms with E-state index in [0.29, 0.717) is 17.9 Å². The molecule has 170 valence electrons. The van der Waals surface area contributed by atoms with E-state index in [0.717, 1.165) is 56.5 Å². The Kier molecular flexibility index (Phi) is 4.92. The molecule has 6 rings (SSSR count). The van der Waals surface area contributed by atoms with Gasteiger partial charge in [0.2, 0.25) is 0 Å². The van der Waals surface area contributed by atoms with Gasteiger partial charge >= 0.3 is 5.97 Å². The van der Waals surface area contributed by atoms with Gasteiger partial charge in [-0.15, -0.1) is 0 Å². The predicted molar refractivity (Wildman–Crippen MR) is 120 cm³/mol. The highest BCUT2D eigenvalue weighted by Gasteiger charge is 2.58. The van der Waals surface area contributed by atoms with E-state index < -0.39 is 0 Å². The van der Waals surface area contributed by atoms with E-state index >= 15 is 0 Å². The Bertz CT molecular complexity index is 811. The van der Waals surface area contributed by atoms with Crippen LogP contribution in [0.25, 0.3) is 0 Å². The van der Waals surface area contributed by atoms with Crippen LogP contribution in [-0.4, -0.2) is 49.8 Å². The molecule has 7 atom stereocenters. The third-order valence-electron chi connectivity index (χ3n) is 10.7. The van der Waals surface area contributed by atoms with Gasteiger partial charge in [-0.1, -0.05) is 25.5 Å². The van der Waals surface area contributed by atoms with E-state index in [1.807, 2.05) is 0 Å². The number of allylic oxidation sites excluding steroid dienone is 2. The number of nitrogens with zero attached hydrogens (tertiary/aromatic N) is 1. The van der Waals surface area contributed by atoms with Crippen LogP contribution in [0, 0.1) is 34.5 Å². The first-order valence-corrected chi connectivity index (χ1v) is 12.9. The van der Waals surface area contributed by atoms with Crippen molar-refractivity contribution in [1.82, 2.24) is 4.90 Å². The molecule has 4 fully saturated rings. The molecule has 1 saturated heterocycles. The summed E-state index contributed by atoms with van der Waals surface area (Å²) in [7, 11) is 0. The van der Waals surface area contributed by atoms with Gasteiger partial charge in [-0.3, -0.25) is 4.90 Å². The molecule has 31 heavy (non-hydrogen) atoms. The molecule has 2 heterocycles. The average molecular weight is 426 g/mol. The topological polar surface area (TPSA) is 38.8 Å². The van der Waals surface area contributed by atoms with Crippen molar-refractivity contribution in [3.63, 3.8) is 0 Å². The molecule has 3 saturated carbocycles. The molecule has 0 bridgehead atoms. The van der Waals surface area contributed by atoms with Crippen molar-refractivity contribution >= 4 is 5.97 Å². The monoisotopic (exact) mass is 425 g/mol. The third kappa shape index (κ3) is 3.11. The van der Waals surface area contributed by atoms with E-state index in [2.05, 4.69) is 24.8 Å². The maximum absolute atomic E-state index is 11.7. The van der Waals surface area contributed by atoms with Crippen LogP contribution in [0.2, 0.25) is 0 Å². The first-order chi connectivity index (χ1) is 15.0. The zero-order chi connectivity index (χ0) is 21.2. The van der Waals surface area contributed by atoms with Crippen molar-refractivity contribution in [2.75, 3.05) is 32.9 Å². The molecule has 4 aliphatic carbocycles. The van der Waals surface area contributed by atoms with Gasteiger partial charge in [-0.2, -0.15) is 0 Å². The predicted octanol–water partition coefficient (Wildman–Crippen LogP) is 4.75. The summed E-state index contributed by atoms with van der Waals surface area (Å²) in [6.07, 6.45) is 15.1. The lowest BCUT2D eigenvalue weighted by Gasteiger charge is -2.60. The fraction of sp³-hybridized carbons (Fsp3) is 0.815. The van der Waals surface area contributed by atoms with Crippen LogP contribution in [-0.2, 0) is 14.3 Å². The van der Waals surface area contributed by atoms with E-state index in [4.69, 9.17) is 9.47 Å². The number of morpholine rings is 1. The van der Waals surface area contributed by atoms with Crippen LogP contribution >= 0.6 is 0 Å². The van der Waals surface area contributed by atoms with Gasteiger partial charge in [0.05, 0.1) is 13.2 Å². The van der Waals surface area contributed by atoms with Gasteiger partial charge in [-0.05, 0) is 91.4 Å². The number of esters is 1. The minimum absolute atomic E-state index is 0.134. The summed E-state index contributed by atoms with van der Waals surface area (Å²) in [5.41, 5.74) is 3.76. The molecule has 0 spiro atoms. The normalized spacial score (nSPS) is 47.7. The van der Waals surface area contributed by atoms with Crippen LogP contribution in [0.5, 0.6) is 0 Å². The summed E-state index contributed by atoms with van der Waals surface area (Å²) in [4.78, 5) is 14.4. The number of hydrogen-bond acceptors (Lipinski definition) is 4. The summed E-state index contributed by atoms with van der Waals surface area (Å²) in [5.74, 6) is 2.86. The number of fused-ring (bicyclic) bond motifs is 5. The van der Waals surface area contributed by atoms with Gasteiger partial charge in [0.1, 0.15) is 6.61 Å². The SMILES string of the molecule is C[C@]12CCC(N3CCOCC3)C[C@H]1CC[C@H]1C3=CC[C@H](C4=CC(=O)OC4)[C@@]3(C)CC[C@@H]12. The van der Waals surface area contributed by atoms with Crippen LogP contribution in [0.4, 0.5) is 0 Å². The summed E-state index contributed by atoms with van der Waals surface area (Å²) < 4.78 is 10.9. The van der Waals surface area contributed by atoms with E-state index in [9.17, 15) is 4.79 Å². The van der Waals surface area contributed by atoms with E-state index in [1.54, 1.807) is 11.6 Å². The smallest absolute Gasteiger partial charge is 0.331 e. The van der Waals surface area contributed by atoms with Crippen molar-refractivity contribution in [2.24, 2.45) is 34.5 Å². The molecule has 0 amide bonds.